The molecule has 0 aliphatic carbocycles. The van der Waals surface area contributed by atoms with Crippen LogP contribution in [0.25, 0.3) is 5.95 Å². The summed E-state index contributed by atoms with van der Waals surface area (Å²) in [6.45, 7) is 2.05. The van der Waals surface area contributed by atoms with E-state index in [1.165, 1.54) is 23.3 Å². The van der Waals surface area contributed by atoms with Gasteiger partial charge in [0.05, 0.1) is 18.1 Å². The predicted molar refractivity (Wildman–Crippen MR) is 81.6 cm³/mol. The minimum Gasteiger partial charge on any atom is -0.486 e. The molecule has 0 spiro atoms. The fourth-order valence-electron chi connectivity index (χ4n) is 2.02. The molecule has 0 atom stereocenters. The average Bonchev–Trinajstić information content (AvgIpc) is 2.96. The van der Waals surface area contributed by atoms with Gasteiger partial charge in [0.1, 0.15) is 12.2 Å². The molecular weight excluding hydrogens is 296 g/mol. The predicted octanol–water partition coefficient (Wildman–Crippen LogP) is 2.25. The molecule has 0 fully saturated rings. The molecule has 23 heavy (non-hydrogen) atoms. The van der Waals surface area contributed by atoms with Crippen molar-refractivity contribution in [2.75, 3.05) is 0 Å². The Morgan fingerprint density at radius 1 is 1.22 bits per heavy atom. The van der Waals surface area contributed by atoms with E-state index in [4.69, 9.17) is 9.84 Å². The summed E-state index contributed by atoms with van der Waals surface area (Å²) >= 11 is 0. The van der Waals surface area contributed by atoms with E-state index in [1.54, 1.807) is 6.92 Å². The van der Waals surface area contributed by atoms with Crippen molar-refractivity contribution in [2.45, 2.75) is 13.5 Å². The molecule has 0 amide bonds. The van der Waals surface area contributed by atoms with Crippen molar-refractivity contribution in [1.29, 1.82) is 0 Å². The van der Waals surface area contributed by atoms with Gasteiger partial charge in [-0.05, 0) is 12.5 Å². The summed E-state index contributed by atoms with van der Waals surface area (Å²) in [6.07, 6.45) is 4.45. The quantitative estimate of drug-likeness (QED) is 0.777. The largest absolute Gasteiger partial charge is 0.486 e. The second-order valence-corrected chi connectivity index (χ2v) is 4.87. The van der Waals surface area contributed by atoms with Crippen molar-refractivity contribution in [3.63, 3.8) is 0 Å². The highest BCUT2D eigenvalue weighted by molar-refractivity contribution is 5.88. The molecule has 0 unspecified atom stereocenters. The molecule has 7 heteroatoms. The van der Waals surface area contributed by atoms with Crippen molar-refractivity contribution in [1.82, 2.24) is 19.7 Å². The molecule has 1 N–H and O–H groups in total. The van der Waals surface area contributed by atoms with E-state index in [0.29, 0.717) is 18.1 Å². The van der Waals surface area contributed by atoms with Crippen molar-refractivity contribution in [3.05, 3.63) is 65.7 Å². The fraction of sp³-hybridized carbons (Fsp3) is 0.125. The number of hydrogen-bond acceptors (Lipinski definition) is 5. The molecule has 2 heterocycles. The molecule has 0 aliphatic heterocycles. The summed E-state index contributed by atoms with van der Waals surface area (Å²) in [6, 6.07) is 9.76. The fourth-order valence-corrected chi connectivity index (χ4v) is 2.02. The third kappa shape index (κ3) is 3.34. The number of carboxylic acid groups (broad SMARTS) is 1. The molecule has 0 saturated carbocycles. The molecule has 0 saturated heterocycles. The van der Waals surface area contributed by atoms with Gasteiger partial charge in [-0.2, -0.15) is 5.10 Å². The van der Waals surface area contributed by atoms with Crippen molar-refractivity contribution >= 4 is 5.97 Å². The lowest BCUT2D eigenvalue weighted by Gasteiger charge is -2.06. The molecule has 7 nitrogen and oxygen atoms in total. The lowest BCUT2D eigenvalue weighted by molar-refractivity contribution is 0.0696. The summed E-state index contributed by atoms with van der Waals surface area (Å²) in [7, 11) is 0. The van der Waals surface area contributed by atoms with Gasteiger partial charge in [-0.15, -0.1) is 0 Å². The Hall–Kier alpha value is -3.22. The number of benzene rings is 1. The molecular formula is C16H14N4O3. The zero-order valence-corrected chi connectivity index (χ0v) is 12.4. The van der Waals surface area contributed by atoms with Crippen LogP contribution < -0.4 is 4.74 Å². The Morgan fingerprint density at radius 3 is 2.52 bits per heavy atom. The standard InChI is InChI=1S/C16H14N4O3/c1-11-14(15(21)22)9-20(19-11)16-17-7-13(8-18-16)23-10-12-5-3-2-4-6-12/h2-9H,10H2,1H3,(H,21,22). The highest BCUT2D eigenvalue weighted by atomic mass is 16.5. The van der Waals surface area contributed by atoms with Crippen molar-refractivity contribution in [3.8, 4) is 11.7 Å². The first kappa shape index (κ1) is 14.7. The summed E-state index contributed by atoms with van der Waals surface area (Å²) < 4.78 is 6.93. The number of ether oxygens (including phenoxy) is 1. The first-order valence-corrected chi connectivity index (χ1v) is 6.92. The third-order valence-corrected chi connectivity index (χ3v) is 3.20. The Labute approximate surface area is 132 Å². The second-order valence-electron chi connectivity index (χ2n) is 4.87. The molecule has 0 aliphatic rings. The maximum Gasteiger partial charge on any atom is 0.339 e. The molecule has 0 radical (unpaired) electrons. The van der Waals surface area contributed by atoms with Gasteiger partial charge in [-0.25, -0.2) is 19.4 Å². The van der Waals surface area contributed by atoms with Crippen LogP contribution >= 0.6 is 0 Å². The lowest BCUT2D eigenvalue weighted by atomic mass is 10.2. The maximum absolute atomic E-state index is 11.0. The van der Waals surface area contributed by atoms with Gasteiger partial charge in [0.2, 0.25) is 0 Å². The summed E-state index contributed by atoms with van der Waals surface area (Å²) in [5.41, 5.74) is 1.58. The van der Waals surface area contributed by atoms with Gasteiger partial charge in [0, 0.05) is 6.20 Å². The third-order valence-electron chi connectivity index (χ3n) is 3.20. The van der Waals surface area contributed by atoms with Gasteiger partial charge >= 0.3 is 5.97 Å². The molecule has 0 bridgehead atoms. The SMILES string of the molecule is Cc1nn(-c2ncc(OCc3ccccc3)cn2)cc1C(=O)O. The molecule has 3 aromatic rings. The number of rotatable bonds is 5. The minimum atomic E-state index is -1.03. The maximum atomic E-state index is 11.0. The van der Waals surface area contributed by atoms with E-state index >= 15 is 0 Å². The van der Waals surface area contributed by atoms with E-state index in [9.17, 15) is 4.79 Å². The van der Waals surface area contributed by atoms with Crippen molar-refractivity contribution in [2.24, 2.45) is 0 Å². The second kappa shape index (κ2) is 6.27. The zero-order chi connectivity index (χ0) is 16.2. The molecule has 3 rings (SSSR count). The Bertz CT molecular complexity index is 813. The first-order valence-electron chi connectivity index (χ1n) is 6.92. The number of aromatic nitrogens is 4. The lowest BCUT2D eigenvalue weighted by Crippen LogP contribution is -2.03. The van der Waals surface area contributed by atoms with Crippen molar-refractivity contribution < 1.29 is 14.6 Å². The zero-order valence-electron chi connectivity index (χ0n) is 12.4. The number of aryl methyl sites for hydroxylation is 1. The number of nitrogens with zero attached hydrogens (tertiary/aromatic N) is 4. The summed E-state index contributed by atoms with van der Waals surface area (Å²) in [5, 5.41) is 13.1. The van der Waals surface area contributed by atoms with Gasteiger partial charge in [-0.1, -0.05) is 30.3 Å². The number of carboxylic acids is 1. The van der Waals surface area contributed by atoms with E-state index in [0.717, 1.165) is 5.56 Å². The van der Waals surface area contributed by atoms with Crippen LogP contribution in [0.2, 0.25) is 0 Å². The normalized spacial score (nSPS) is 10.5. The van der Waals surface area contributed by atoms with Crippen LogP contribution in [-0.4, -0.2) is 30.8 Å². The van der Waals surface area contributed by atoms with E-state index in [-0.39, 0.29) is 11.5 Å². The van der Waals surface area contributed by atoms with Crippen LogP contribution in [0.15, 0.2) is 48.9 Å². The van der Waals surface area contributed by atoms with Crippen LogP contribution in [0.1, 0.15) is 21.6 Å². The summed E-state index contributed by atoms with van der Waals surface area (Å²) in [4.78, 5) is 19.3. The van der Waals surface area contributed by atoms with Crippen LogP contribution in [0.5, 0.6) is 5.75 Å². The molecule has 116 valence electrons. The van der Waals surface area contributed by atoms with E-state index in [1.807, 2.05) is 30.3 Å². The number of hydrogen-bond donors (Lipinski definition) is 1. The number of aromatic carboxylic acids is 1. The Morgan fingerprint density at radius 2 is 1.91 bits per heavy atom. The van der Waals surface area contributed by atoms with Crippen LogP contribution in [0.3, 0.4) is 0 Å². The highest BCUT2D eigenvalue weighted by Crippen LogP contribution is 2.13. The Kier molecular flexibility index (Phi) is 4.01. The molecule has 2 aromatic heterocycles. The summed E-state index contributed by atoms with van der Waals surface area (Å²) in [5.74, 6) is -0.218. The average molecular weight is 310 g/mol. The monoisotopic (exact) mass is 310 g/mol. The first-order chi connectivity index (χ1) is 11.1. The van der Waals surface area contributed by atoms with E-state index in [2.05, 4.69) is 15.1 Å². The minimum absolute atomic E-state index is 0.123. The van der Waals surface area contributed by atoms with E-state index < -0.39 is 5.97 Å². The Balaban J connectivity index is 1.72. The van der Waals surface area contributed by atoms with Gasteiger partial charge in [-0.3, -0.25) is 0 Å². The van der Waals surface area contributed by atoms with Crippen LogP contribution in [0.4, 0.5) is 0 Å². The van der Waals surface area contributed by atoms with Gasteiger partial charge in [0.15, 0.2) is 5.75 Å². The highest BCUT2D eigenvalue weighted by Gasteiger charge is 2.13. The van der Waals surface area contributed by atoms with Crippen LogP contribution in [-0.2, 0) is 6.61 Å². The van der Waals surface area contributed by atoms with Gasteiger partial charge < -0.3 is 9.84 Å². The topological polar surface area (TPSA) is 90.1 Å². The smallest absolute Gasteiger partial charge is 0.339 e. The van der Waals surface area contributed by atoms with Crippen LogP contribution in [0, 0.1) is 6.92 Å². The molecule has 1 aromatic carbocycles. The number of carbonyl (C=O) groups is 1. The van der Waals surface area contributed by atoms with Gasteiger partial charge in [0.25, 0.3) is 5.95 Å².